The maximum Gasteiger partial charge on any atom is 0.238 e. The Balaban J connectivity index is 1.48. The number of quaternary nitrogens is 1. The van der Waals surface area contributed by atoms with Gasteiger partial charge in [-0.25, -0.2) is 15.0 Å². The van der Waals surface area contributed by atoms with E-state index >= 15 is 0 Å². The SMILES string of the molecule is CC[NH2+]CCCOc1cnc(Oc2ccc3ncnc(Nc4ccn(C)n4)c3c2)c(Cl)c1. The third kappa shape index (κ3) is 5.43. The highest BCUT2D eigenvalue weighted by molar-refractivity contribution is 6.32. The van der Waals surface area contributed by atoms with Crippen molar-refractivity contribution < 1.29 is 14.8 Å². The smallest absolute Gasteiger partial charge is 0.238 e. The number of nitrogens with one attached hydrogen (secondary N) is 1. The van der Waals surface area contributed by atoms with Gasteiger partial charge in [-0.3, -0.25) is 4.68 Å². The second-order valence-corrected chi connectivity index (χ2v) is 7.56. The molecule has 3 aromatic heterocycles. The monoisotopic (exact) mass is 454 g/mol. The lowest BCUT2D eigenvalue weighted by atomic mass is 10.2. The van der Waals surface area contributed by atoms with Gasteiger partial charge in [0, 0.05) is 37.2 Å². The van der Waals surface area contributed by atoms with Crippen LogP contribution in [0.4, 0.5) is 11.6 Å². The number of nitrogens with zero attached hydrogens (tertiary/aromatic N) is 5. The van der Waals surface area contributed by atoms with Gasteiger partial charge in [-0.15, -0.1) is 0 Å². The van der Waals surface area contributed by atoms with E-state index < -0.39 is 0 Å². The molecular formula is C22H25ClN7O2+. The summed E-state index contributed by atoms with van der Waals surface area (Å²) in [5.74, 6) is 2.80. The molecule has 0 atom stereocenters. The van der Waals surface area contributed by atoms with Crippen molar-refractivity contribution >= 4 is 34.1 Å². The lowest BCUT2D eigenvalue weighted by Crippen LogP contribution is -2.83. The van der Waals surface area contributed by atoms with Crippen molar-refractivity contribution in [3.8, 4) is 17.4 Å². The molecule has 4 rings (SSSR count). The fraction of sp³-hybridized carbons (Fsp3) is 0.273. The van der Waals surface area contributed by atoms with Crippen LogP contribution in [0.1, 0.15) is 13.3 Å². The number of pyridine rings is 1. The molecule has 0 saturated carbocycles. The molecule has 0 saturated heterocycles. The molecule has 3 N–H and O–H groups in total. The lowest BCUT2D eigenvalue weighted by Gasteiger charge is -2.11. The molecule has 1 aromatic carbocycles. The Hall–Kier alpha value is -3.43. The van der Waals surface area contributed by atoms with Crippen molar-refractivity contribution in [3.05, 3.63) is 54.1 Å². The Morgan fingerprint density at radius 3 is 2.81 bits per heavy atom. The molecule has 4 aromatic rings. The van der Waals surface area contributed by atoms with Crippen LogP contribution in [0.2, 0.25) is 5.02 Å². The maximum atomic E-state index is 6.38. The van der Waals surface area contributed by atoms with Crippen LogP contribution in [-0.4, -0.2) is 44.4 Å². The molecule has 0 aliphatic carbocycles. The van der Waals surface area contributed by atoms with Crippen LogP contribution in [0.5, 0.6) is 17.4 Å². The Labute approximate surface area is 190 Å². The molecule has 3 heterocycles. The van der Waals surface area contributed by atoms with E-state index in [9.17, 15) is 0 Å². The van der Waals surface area contributed by atoms with E-state index in [1.807, 2.05) is 37.5 Å². The van der Waals surface area contributed by atoms with E-state index in [2.05, 4.69) is 37.6 Å². The van der Waals surface area contributed by atoms with Crippen molar-refractivity contribution in [1.29, 1.82) is 0 Å². The minimum Gasteiger partial charge on any atom is -0.492 e. The highest BCUT2D eigenvalue weighted by atomic mass is 35.5. The first-order chi connectivity index (χ1) is 15.6. The number of ether oxygens (including phenoxy) is 2. The number of rotatable bonds is 10. The molecule has 0 bridgehead atoms. The molecule has 0 radical (unpaired) electrons. The summed E-state index contributed by atoms with van der Waals surface area (Å²) in [6.45, 7) is 4.85. The highest BCUT2D eigenvalue weighted by Crippen LogP contribution is 2.32. The fourth-order valence-corrected chi connectivity index (χ4v) is 3.29. The normalized spacial score (nSPS) is 11.0. The molecule has 166 valence electrons. The lowest BCUT2D eigenvalue weighted by molar-refractivity contribution is -0.652. The van der Waals surface area contributed by atoms with E-state index in [1.54, 1.807) is 16.9 Å². The zero-order valence-corrected chi connectivity index (χ0v) is 18.7. The van der Waals surface area contributed by atoms with Crippen molar-refractivity contribution in [2.75, 3.05) is 25.0 Å². The second-order valence-electron chi connectivity index (χ2n) is 7.15. The number of fused-ring (bicyclic) bond motifs is 1. The molecular weight excluding hydrogens is 430 g/mol. The molecule has 9 nitrogen and oxygen atoms in total. The number of aromatic nitrogens is 5. The molecule has 0 amide bonds. The van der Waals surface area contributed by atoms with Crippen LogP contribution in [0.15, 0.2) is 49.1 Å². The summed E-state index contributed by atoms with van der Waals surface area (Å²) in [6.07, 6.45) is 5.93. The Morgan fingerprint density at radius 2 is 2.03 bits per heavy atom. The number of nitrogens with two attached hydrogens (primary N) is 1. The summed E-state index contributed by atoms with van der Waals surface area (Å²) < 4.78 is 13.4. The van der Waals surface area contributed by atoms with Gasteiger partial charge in [0.05, 0.1) is 31.4 Å². The predicted molar refractivity (Wildman–Crippen MR) is 123 cm³/mol. The highest BCUT2D eigenvalue weighted by Gasteiger charge is 2.11. The molecule has 0 spiro atoms. The maximum absolute atomic E-state index is 6.38. The minimum absolute atomic E-state index is 0.300. The van der Waals surface area contributed by atoms with E-state index in [1.165, 1.54) is 6.33 Å². The van der Waals surface area contributed by atoms with E-state index in [4.69, 9.17) is 21.1 Å². The molecule has 0 unspecified atom stereocenters. The standard InChI is InChI=1S/C22H24ClN7O2/c1-3-24-8-4-10-31-16-12-18(23)22(25-13-16)32-15-5-6-19-17(11-15)21(27-14-26-19)28-20-7-9-30(2)29-20/h5-7,9,11-14,24H,3-4,8,10H2,1-2H3,(H,26,27,28,29)/p+1. The largest absolute Gasteiger partial charge is 0.492 e. The van der Waals surface area contributed by atoms with Crippen molar-refractivity contribution in [3.63, 3.8) is 0 Å². The van der Waals surface area contributed by atoms with Crippen molar-refractivity contribution in [2.45, 2.75) is 13.3 Å². The first-order valence-corrected chi connectivity index (χ1v) is 10.8. The van der Waals surface area contributed by atoms with Crippen LogP contribution >= 0.6 is 11.6 Å². The predicted octanol–water partition coefficient (Wildman–Crippen LogP) is 3.30. The van der Waals surface area contributed by atoms with Gasteiger partial charge in [-0.05, 0) is 25.1 Å². The van der Waals surface area contributed by atoms with Gasteiger partial charge in [0.1, 0.15) is 28.7 Å². The molecule has 0 aliphatic heterocycles. The minimum atomic E-state index is 0.300. The van der Waals surface area contributed by atoms with Crippen LogP contribution in [0, 0.1) is 0 Å². The third-order valence-electron chi connectivity index (χ3n) is 4.67. The van der Waals surface area contributed by atoms with Gasteiger partial charge in [-0.2, -0.15) is 5.10 Å². The van der Waals surface area contributed by atoms with Gasteiger partial charge in [0.2, 0.25) is 5.88 Å². The van der Waals surface area contributed by atoms with Crippen molar-refractivity contribution in [2.24, 2.45) is 7.05 Å². The van der Waals surface area contributed by atoms with Gasteiger partial charge < -0.3 is 20.1 Å². The third-order valence-corrected chi connectivity index (χ3v) is 4.94. The summed E-state index contributed by atoms with van der Waals surface area (Å²) in [6, 6.07) is 9.09. The van der Waals surface area contributed by atoms with Gasteiger partial charge in [0.15, 0.2) is 5.82 Å². The molecule has 10 heteroatoms. The summed E-state index contributed by atoms with van der Waals surface area (Å²) in [4.78, 5) is 13.0. The Morgan fingerprint density at radius 1 is 1.12 bits per heavy atom. The first-order valence-electron chi connectivity index (χ1n) is 10.4. The zero-order valence-electron chi connectivity index (χ0n) is 18.0. The second kappa shape index (κ2) is 10.3. The summed E-state index contributed by atoms with van der Waals surface area (Å²) >= 11 is 6.38. The van der Waals surface area contributed by atoms with Gasteiger partial charge in [0.25, 0.3) is 0 Å². The zero-order chi connectivity index (χ0) is 22.3. The summed E-state index contributed by atoms with van der Waals surface area (Å²) in [5, 5.41) is 10.9. The molecule has 0 fully saturated rings. The summed E-state index contributed by atoms with van der Waals surface area (Å²) in [5.41, 5.74) is 0.772. The number of hydrogen-bond donors (Lipinski definition) is 2. The quantitative estimate of drug-likeness (QED) is 0.354. The number of halogens is 1. The van der Waals surface area contributed by atoms with Crippen LogP contribution < -0.4 is 20.1 Å². The number of anilines is 2. The summed E-state index contributed by atoms with van der Waals surface area (Å²) in [7, 11) is 1.85. The Bertz CT molecular complexity index is 1200. The first kappa shape index (κ1) is 21.8. The molecule has 32 heavy (non-hydrogen) atoms. The number of hydrogen-bond acceptors (Lipinski definition) is 7. The van der Waals surface area contributed by atoms with Gasteiger partial charge >= 0.3 is 0 Å². The fourth-order valence-electron chi connectivity index (χ4n) is 3.10. The topological polar surface area (TPSA) is 104 Å². The number of benzene rings is 1. The average molecular weight is 455 g/mol. The Kier molecular flexibility index (Phi) is 6.98. The van der Waals surface area contributed by atoms with E-state index in [0.717, 1.165) is 30.4 Å². The van der Waals surface area contributed by atoms with Crippen LogP contribution in [0.3, 0.4) is 0 Å². The van der Waals surface area contributed by atoms with E-state index in [0.29, 0.717) is 40.6 Å². The van der Waals surface area contributed by atoms with Gasteiger partial charge in [-0.1, -0.05) is 11.6 Å². The van der Waals surface area contributed by atoms with Crippen LogP contribution in [0.25, 0.3) is 10.9 Å². The average Bonchev–Trinajstić information content (AvgIpc) is 3.20. The molecule has 0 aliphatic rings. The van der Waals surface area contributed by atoms with Crippen molar-refractivity contribution in [1.82, 2.24) is 24.7 Å². The van der Waals surface area contributed by atoms with E-state index in [-0.39, 0.29) is 0 Å². The number of aryl methyl sites for hydroxylation is 1. The van der Waals surface area contributed by atoms with Crippen LogP contribution in [-0.2, 0) is 7.05 Å².